The van der Waals surface area contributed by atoms with E-state index in [1.165, 1.54) is 0 Å². The van der Waals surface area contributed by atoms with Gasteiger partial charge in [0.2, 0.25) is 5.91 Å². The normalized spacial score (nSPS) is 22.8. The number of likely N-dealkylation sites (tertiary alicyclic amines) is 1. The molecule has 1 saturated heterocycles. The predicted molar refractivity (Wildman–Crippen MR) is 82.5 cm³/mol. The molecule has 2 rings (SSSR count). The van der Waals surface area contributed by atoms with Crippen LogP contribution >= 0.6 is 0 Å². The van der Waals surface area contributed by atoms with Crippen LogP contribution in [0.15, 0.2) is 24.3 Å². The van der Waals surface area contributed by atoms with Gasteiger partial charge in [-0.05, 0) is 31.0 Å². The molecule has 2 unspecified atom stereocenters. The van der Waals surface area contributed by atoms with Crippen molar-refractivity contribution < 1.29 is 14.6 Å². The minimum absolute atomic E-state index is 0.0346. The summed E-state index contributed by atoms with van der Waals surface area (Å²) in [4.78, 5) is 14.2. The van der Waals surface area contributed by atoms with Crippen molar-refractivity contribution in [3.05, 3.63) is 24.3 Å². The fourth-order valence-electron chi connectivity index (χ4n) is 2.54. The summed E-state index contributed by atoms with van der Waals surface area (Å²) < 4.78 is 5.21. The fourth-order valence-corrected chi connectivity index (χ4v) is 2.54. The first-order valence-electron chi connectivity index (χ1n) is 7.43. The van der Waals surface area contributed by atoms with Gasteiger partial charge in [0, 0.05) is 19.5 Å². The van der Waals surface area contributed by atoms with Gasteiger partial charge in [-0.15, -0.1) is 0 Å². The predicted octanol–water partition coefficient (Wildman–Crippen LogP) is 1.73. The Morgan fingerprint density at radius 1 is 1.48 bits per heavy atom. The number of amides is 1. The summed E-state index contributed by atoms with van der Waals surface area (Å²) in [6, 6.07) is 7.37. The fraction of sp³-hybridized carbons (Fsp3) is 0.562. The van der Waals surface area contributed by atoms with E-state index in [1.54, 1.807) is 7.11 Å². The molecule has 0 spiro atoms. The molecule has 5 nitrogen and oxygen atoms in total. The maximum Gasteiger partial charge on any atom is 0.225 e. The van der Waals surface area contributed by atoms with E-state index in [0.29, 0.717) is 36.9 Å². The van der Waals surface area contributed by atoms with Gasteiger partial charge in [-0.3, -0.25) is 4.79 Å². The van der Waals surface area contributed by atoms with Crippen LogP contribution in [0.1, 0.15) is 19.8 Å². The van der Waals surface area contributed by atoms with E-state index in [4.69, 9.17) is 4.74 Å². The summed E-state index contributed by atoms with van der Waals surface area (Å²) in [5, 5.41) is 12.7. The molecule has 2 N–H and O–H groups in total. The Labute approximate surface area is 125 Å². The first-order chi connectivity index (χ1) is 10.1. The number of ether oxygens (including phenoxy) is 1. The van der Waals surface area contributed by atoms with E-state index in [9.17, 15) is 9.90 Å². The molecule has 0 bridgehead atoms. The highest BCUT2D eigenvalue weighted by atomic mass is 16.5. The van der Waals surface area contributed by atoms with Gasteiger partial charge in [0.1, 0.15) is 5.75 Å². The molecule has 0 saturated carbocycles. The number of rotatable bonds is 5. The second-order valence-corrected chi connectivity index (χ2v) is 5.63. The number of hydrogen-bond donors (Lipinski definition) is 2. The zero-order chi connectivity index (χ0) is 15.2. The molecule has 1 fully saturated rings. The van der Waals surface area contributed by atoms with Crippen LogP contribution in [0.25, 0.3) is 0 Å². The standard InChI is InChI=1S/C16H24N2O3/c1-12-7-9-18(11-14(12)19)10-8-16(20)17-13-5-3-4-6-15(13)21-2/h3-6,12,14,19H,7-11H2,1-2H3,(H,17,20). The number of nitrogens with zero attached hydrogens (tertiary/aromatic N) is 1. The summed E-state index contributed by atoms with van der Waals surface area (Å²) in [6.45, 7) is 4.34. The van der Waals surface area contributed by atoms with Gasteiger partial charge in [-0.2, -0.15) is 0 Å². The van der Waals surface area contributed by atoms with Crippen molar-refractivity contribution in [3.8, 4) is 5.75 Å². The zero-order valence-electron chi connectivity index (χ0n) is 12.7. The van der Waals surface area contributed by atoms with Crippen molar-refractivity contribution in [1.82, 2.24) is 4.90 Å². The molecule has 1 aliphatic heterocycles. The molecule has 0 aliphatic carbocycles. The van der Waals surface area contributed by atoms with Crippen LogP contribution in [-0.2, 0) is 4.79 Å². The number of benzene rings is 1. The highest BCUT2D eigenvalue weighted by molar-refractivity contribution is 5.92. The van der Waals surface area contributed by atoms with Crippen LogP contribution in [0.5, 0.6) is 5.75 Å². The van der Waals surface area contributed by atoms with Gasteiger partial charge in [0.25, 0.3) is 0 Å². The number of aliphatic hydroxyl groups excluding tert-OH is 1. The first-order valence-corrected chi connectivity index (χ1v) is 7.43. The number of carbonyl (C=O) groups excluding carboxylic acids is 1. The molecule has 1 aliphatic rings. The van der Waals surface area contributed by atoms with E-state index in [1.807, 2.05) is 24.3 Å². The number of aliphatic hydroxyl groups is 1. The van der Waals surface area contributed by atoms with E-state index >= 15 is 0 Å². The lowest BCUT2D eigenvalue weighted by Gasteiger charge is -2.34. The number of methoxy groups -OCH3 is 1. The second-order valence-electron chi connectivity index (χ2n) is 5.63. The Balaban J connectivity index is 1.80. The van der Waals surface area contributed by atoms with E-state index in [0.717, 1.165) is 13.0 Å². The summed E-state index contributed by atoms with van der Waals surface area (Å²) in [5.74, 6) is 0.976. The van der Waals surface area contributed by atoms with Gasteiger partial charge in [-0.25, -0.2) is 0 Å². The smallest absolute Gasteiger partial charge is 0.225 e. The number of nitrogens with one attached hydrogen (secondary N) is 1. The van der Waals surface area contributed by atoms with Crippen LogP contribution in [0, 0.1) is 5.92 Å². The Morgan fingerprint density at radius 3 is 2.95 bits per heavy atom. The molecule has 116 valence electrons. The topological polar surface area (TPSA) is 61.8 Å². The largest absolute Gasteiger partial charge is 0.495 e. The lowest BCUT2D eigenvalue weighted by atomic mass is 9.96. The highest BCUT2D eigenvalue weighted by Crippen LogP contribution is 2.23. The van der Waals surface area contributed by atoms with E-state index in [2.05, 4.69) is 17.1 Å². The van der Waals surface area contributed by atoms with Crippen molar-refractivity contribution in [2.75, 3.05) is 32.1 Å². The number of hydrogen-bond acceptors (Lipinski definition) is 4. The molecule has 21 heavy (non-hydrogen) atoms. The first kappa shape index (κ1) is 15.8. The minimum atomic E-state index is -0.281. The SMILES string of the molecule is COc1ccccc1NC(=O)CCN1CCC(C)C(O)C1. The van der Waals surface area contributed by atoms with Gasteiger partial charge in [0.05, 0.1) is 18.9 Å². The molecule has 1 aromatic rings. The molecule has 1 aromatic carbocycles. The molecule has 5 heteroatoms. The number of piperidine rings is 1. The third-order valence-electron chi connectivity index (χ3n) is 4.04. The minimum Gasteiger partial charge on any atom is -0.495 e. The van der Waals surface area contributed by atoms with Crippen LogP contribution in [-0.4, -0.2) is 48.8 Å². The van der Waals surface area contributed by atoms with Gasteiger partial charge < -0.3 is 20.1 Å². The molecular formula is C16H24N2O3. The summed E-state index contributed by atoms with van der Waals surface area (Å²) in [5.41, 5.74) is 0.692. The Bertz CT molecular complexity index is 478. The van der Waals surface area contributed by atoms with Gasteiger partial charge in [-0.1, -0.05) is 19.1 Å². The number of para-hydroxylation sites is 2. The summed E-state index contributed by atoms with van der Waals surface area (Å²) in [7, 11) is 1.58. The third-order valence-corrected chi connectivity index (χ3v) is 4.04. The quantitative estimate of drug-likeness (QED) is 0.867. The van der Waals surface area contributed by atoms with Crippen molar-refractivity contribution in [2.45, 2.75) is 25.9 Å². The Hall–Kier alpha value is -1.59. The molecular weight excluding hydrogens is 268 g/mol. The number of anilines is 1. The Kier molecular flexibility index (Phi) is 5.59. The third kappa shape index (κ3) is 4.44. The van der Waals surface area contributed by atoms with E-state index in [-0.39, 0.29) is 12.0 Å². The molecule has 1 amide bonds. The lowest BCUT2D eigenvalue weighted by Crippen LogP contribution is -2.43. The Morgan fingerprint density at radius 2 is 2.24 bits per heavy atom. The average molecular weight is 292 g/mol. The molecule has 0 aromatic heterocycles. The number of carbonyl (C=O) groups is 1. The monoisotopic (exact) mass is 292 g/mol. The number of β-amino-alcohol motifs (C(OH)–C–C–N with tert-alkyl or cyclic N) is 1. The maximum atomic E-state index is 12.0. The lowest BCUT2D eigenvalue weighted by molar-refractivity contribution is -0.116. The second kappa shape index (κ2) is 7.43. The van der Waals surface area contributed by atoms with E-state index < -0.39 is 0 Å². The maximum absolute atomic E-state index is 12.0. The average Bonchev–Trinajstić information content (AvgIpc) is 2.49. The summed E-state index contributed by atoms with van der Waals surface area (Å²) >= 11 is 0. The summed E-state index contributed by atoms with van der Waals surface area (Å²) in [6.07, 6.45) is 1.12. The van der Waals surface area contributed by atoms with Crippen molar-refractivity contribution in [3.63, 3.8) is 0 Å². The molecule has 0 radical (unpaired) electrons. The van der Waals surface area contributed by atoms with Gasteiger partial charge in [0.15, 0.2) is 0 Å². The van der Waals surface area contributed by atoms with Crippen LogP contribution < -0.4 is 10.1 Å². The zero-order valence-corrected chi connectivity index (χ0v) is 12.7. The van der Waals surface area contributed by atoms with Crippen LogP contribution in [0.3, 0.4) is 0 Å². The van der Waals surface area contributed by atoms with Crippen LogP contribution in [0.2, 0.25) is 0 Å². The van der Waals surface area contributed by atoms with Crippen molar-refractivity contribution >= 4 is 11.6 Å². The van der Waals surface area contributed by atoms with Crippen LogP contribution in [0.4, 0.5) is 5.69 Å². The van der Waals surface area contributed by atoms with Gasteiger partial charge >= 0.3 is 0 Å². The highest BCUT2D eigenvalue weighted by Gasteiger charge is 2.24. The molecule has 2 atom stereocenters. The van der Waals surface area contributed by atoms with Crippen molar-refractivity contribution in [1.29, 1.82) is 0 Å². The molecule has 1 heterocycles. The van der Waals surface area contributed by atoms with Crippen molar-refractivity contribution in [2.24, 2.45) is 5.92 Å².